The molecular formula is C25H31N5O4. The zero-order chi connectivity index (χ0) is 23.9. The predicted octanol–water partition coefficient (Wildman–Crippen LogP) is 4.00. The molecule has 180 valence electrons. The highest BCUT2D eigenvalue weighted by atomic mass is 16.5. The molecule has 2 N–H and O–H groups in total. The Morgan fingerprint density at radius 3 is 2.59 bits per heavy atom. The second kappa shape index (κ2) is 11.1. The lowest BCUT2D eigenvalue weighted by molar-refractivity contribution is 0.0357. The molecule has 1 aliphatic rings. The van der Waals surface area contributed by atoms with E-state index in [1.807, 2.05) is 38.1 Å². The molecule has 0 saturated carbocycles. The van der Waals surface area contributed by atoms with Crippen LogP contribution in [0.4, 0.5) is 16.3 Å². The number of methoxy groups -OCH3 is 1. The number of amides is 2. The minimum absolute atomic E-state index is 0.375. The van der Waals surface area contributed by atoms with Crippen LogP contribution in [0, 0.1) is 13.8 Å². The summed E-state index contributed by atoms with van der Waals surface area (Å²) in [7, 11) is 1.59. The first kappa shape index (κ1) is 23.7. The molecule has 4 rings (SSSR count). The maximum Gasteiger partial charge on any atom is 0.324 e. The van der Waals surface area contributed by atoms with E-state index in [4.69, 9.17) is 14.2 Å². The summed E-state index contributed by atoms with van der Waals surface area (Å²) in [4.78, 5) is 23.7. The van der Waals surface area contributed by atoms with E-state index < -0.39 is 0 Å². The van der Waals surface area contributed by atoms with Gasteiger partial charge in [0.25, 0.3) is 0 Å². The van der Waals surface area contributed by atoms with Crippen LogP contribution in [-0.4, -0.2) is 67.5 Å². The molecule has 1 aliphatic heterocycles. The van der Waals surface area contributed by atoms with Crippen LogP contribution in [0.3, 0.4) is 0 Å². The lowest BCUT2D eigenvalue weighted by atomic mass is 10.1. The van der Waals surface area contributed by atoms with Crippen molar-refractivity contribution in [2.75, 3.05) is 57.2 Å². The number of hydrogen-bond donors (Lipinski definition) is 2. The van der Waals surface area contributed by atoms with Crippen molar-refractivity contribution in [2.24, 2.45) is 0 Å². The van der Waals surface area contributed by atoms with Gasteiger partial charge in [-0.1, -0.05) is 18.2 Å². The number of benzene rings is 2. The van der Waals surface area contributed by atoms with E-state index in [1.54, 1.807) is 13.2 Å². The van der Waals surface area contributed by atoms with Gasteiger partial charge in [-0.25, -0.2) is 14.8 Å². The Kier molecular flexibility index (Phi) is 7.76. The molecule has 0 radical (unpaired) electrons. The Bertz CT molecular complexity index is 1130. The summed E-state index contributed by atoms with van der Waals surface area (Å²) in [6, 6.07) is 9.10. The number of rotatable bonds is 8. The fraction of sp³-hybridized carbons (Fsp3) is 0.400. The van der Waals surface area contributed by atoms with Gasteiger partial charge in [0, 0.05) is 36.8 Å². The van der Waals surface area contributed by atoms with E-state index in [9.17, 15) is 4.79 Å². The van der Waals surface area contributed by atoms with Crippen LogP contribution in [0.2, 0.25) is 0 Å². The number of morpholine rings is 1. The summed E-state index contributed by atoms with van der Waals surface area (Å²) in [6.45, 7) is 8.94. The fourth-order valence-corrected chi connectivity index (χ4v) is 3.99. The highest BCUT2D eigenvalue weighted by molar-refractivity contribution is 6.05. The SMILES string of the molecule is COc1cc2c(NC(=O)Nc3c(C)cccc3C)ncnc2cc1OCCCN1CCOCC1. The molecule has 9 nitrogen and oxygen atoms in total. The number of carbonyl (C=O) groups excluding carboxylic acids is 1. The summed E-state index contributed by atoms with van der Waals surface area (Å²) in [5, 5.41) is 6.41. The first-order valence-electron chi connectivity index (χ1n) is 11.4. The molecule has 1 saturated heterocycles. The summed E-state index contributed by atoms with van der Waals surface area (Å²) in [6.07, 6.45) is 2.32. The first-order chi connectivity index (χ1) is 16.5. The van der Waals surface area contributed by atoms with Crippen LogP contribution in [0.15, 0.2) is 36.7 Å². The lowest BCUT2D eigenvalue weighted by Gasteiger charge is -2.26. The molecule has 2 aromatic carbocycles. The van der Waals surface area contributed by atoms with Gasteiger partial charge in [-0.15, -0.1) is 0 Å². The molecule has 0 unspecified atom stereocenters. The average Bonchev–Trinajstić information content (AvgIpc) is 2.84. The molecule has 3 aromatic rings. The van der Waals surface area contributed by atoms with Crippen LogP contribution < -0.4 is 20.1 Å². The molecule has 1 fully saturated rings. The molecule has 0 aliphatic carbocycles. The van der Waals surface area contributed by atoms with E-state index in [2.05, 4.69) is 25.5 Å². The van der Waals surface area contributed by atoms with E-state index in [-0.39, 0.29) is 6.03 Å². The number of carbonyl (C=O) groups is 1. The third-order valence-electron chi connectivity index (χ3n) is 5.85. The first-order valence-corrected chi connectivity index (χ1v) is 11.4. The third-order valence-corrected chi connectivity index (χ3v) is 5.85. The van der Waals surface area contributed by atoms with Gasteiger partial charge < -0.3 is 19.5 Å². The third kappa shape index (κ3) is 5.73. The van der Waals surface area contributed by atoms with Crippen molar-refractivity contribution >= 4 is 28.4 Å². The summed E-state index contributed by atoms with van der Waals surface area (Å²) >= 11 is 0. The number of hydrogen-bond acceptors (Lipinski definition) is 7. The lowest BCUT2D eigenvalue weighted by Crippen LogP contribution is -2.37. The zero-order valence-corrected chi connectivity index (χ0v) is 19.9. The van der Waals surface area contributed by atoms with Crippen molar-refractivity contribution < 1.29 is 19.0 Å². The second-order valence-electron chi connectivity index (χ2n) is 8.24. The summed E-state index contributed by atoms with van der Waals surface area (Å²) in [5.74, 6) is 1.57. The molecule has 34 heavy (non-hydrogen) atoms. The Labute approximate surface area is 199 Å². The second-order valence-corrected chi connectivity index (χ2v) is 8.24. The van der Waals surface area contributed by atoms with Crippen molar-refractivity contribution in [3.8, 4) is 11.5 Å². The summed E-state index contributed by atoms with van der Waals surface area (Å²) in [5.41, 5.74) is 3.41. The highest BCUT2D eigenvalue weighted by Crippen LogP contribution is 2.34. The van der Waals surface area contributed by atoms with E-state index >= 15 is 0 Å². The molecule has 2 heterocycles. The summed E-state index contributed by atoms with van der Waals surface area (Å²) < 4.78 is 17.0. The Morgan fingerprint density at radius 1 is 1.09 bits per heavy atom. The van der Waals surface area contributed by atoms with Crippen molar-refractivity contribution in [1.82, 2.24) is 14.9 Å². The van der Waals surface area contributed by atoms with Gasteiger partial charge in [0.15, 0.2) is 11.5 Å². The number of fused-ring (bicyclic) bond motifs is 1. The molecule has 0 bridgehead atoms. The van der Waals surface area contributed by atoms with Crippen LogP contribution in [0.5, 0.6) is 11.5 Å². The molecule has 0 spiro atoms. The molecule has 2 amide bonds. The van der Waals surface area contributed by atoms with E-state index in [0.29, 0.717) is 34.8 Å². The predicted molar refractivity (Wildman–Crippen MR) is 132 cm³/mol. The molecule has 9 heteroatoms. The highest BCUT2D eigenvalue weighted by Gasteiger charge is 2.15. The van der Waals surface area contributed by atoms with Gasteiger partial charge in [-0.3, -0.25) is 10.2 Å². The number of nitrogens with one attached hydrogen (secondary N) is 2. The number of aryl methyl sites for hydroxylation is 2. The maximum absolute atomic E-state index is 12.7. The number of anilines is 2. The van der Waals surface area contributed by atoms with Gasteiger partial charge in [-0.05, 0) is 37.5 Å². The van der Waals surface area contributed by atoms with Crippen molar-refractivity contribution in [3.05, 3.63) is 47.8 Å². The number of nitrogens with zero attached hydrogens (tertiary/aromatic N) is 3. The van der Waals surface area contributed by atoms with E-state index in [0.717, 1.165) is 56.1 Å². The van der Waals surface area contributed by atoms with Crippen molar-refractivity contribution in [3.63, 3.8) is 0 Å². The van der Waals surface area contributed by atoms with Gasteiger partial charge in [0.05, 0.1) is 32.4 Å². The fourth-order valence-electron chi connectivity index (χ4n) is 3.99. The minimum atomic E-state index is -0.375. The van der Waals surface area contributed by atoms with Gasteiger partial charge in [0.2, 0.25) is 0 Å². The number of urea groups is 1. The van der Waals surface area contributed by atoms with Gasteiger partial charge in [-0.2, -0.15) is 0 Å². The van der Waals surface area contributed by atoms with Crippen LogP contribution in [-0.2, 0) is 4.74 Å². The minimum Gasteiger partial charge on any atom is -0.493 e. The average molecular weight is 466 g/mol. The molecule has 1 aromatic heterocycles. The van der Waals surface area contributed by atoms with E-state index in [1.165, 1.54) is 6.33 Å². The standard InChI is InChI=1S/C25H31N5O4/c1-17-6-4-7-18(2)23(17)28-25(31)29-24-19-14-21(32-3)22(15-20(19)26-16-27-24)34-11-5-8-30-9-12-33-13-10-30/h4,6-7,14-16H,5,8-13H2,1-3H3,(H2,26,27,28,29,31). The topological polar surface area (TPSA) is 97.8 Å². The Hall–Kier alpha value is -3.43. The monoisotopic (exact) mass is 465 g/mol. The number of ether oxygens (including phenoxy) is 3. The normalized spacial score (nSPS) is 14.1. The van der Waals surface area contributed by atoms with Crippen LogP contribution in [0.25, 0.3) is 10.9 Å². The largest absolute Gasteiger partial charge is 0.493 e. The quantitative estimate of drug-likeness (QED) is 0.485. The van der Waals surface area contributed by atoms with Crippen LogP contribution in [0.1, 0.15) is 17.5 Å². The van der Waals surface area contributed by atoms with Crippen molar-refractivity contribution in [1.29, 1.82) is 0 Å². The number of para-hydroxylation sites is 1. The maximum atomic E-state index is 12.7. The number of aromatic nitrogens is 2. The molecule has 0 atom stereocenters. The smallest absolute Gasteiger partial charge is 0.324 e. The van der Waals surface area contributed by atoms with Gasteiger partial charge in [0.1, 0.15) is 12.1 Å². The molecular weight excluding hydrogens is 434 g/mol. The Balaban J connectivity index is 1.45. The van der Waals surface area contributed by atoms with Crippen LogP contribution >= 0.6 is 0 Å². The zero-order valence-electron chi connectivity index (χ0n) is 19.9. The van der Waals surface area contributed by atoms with Crippen molar-refractivity contribution in [2.45, 2.75) is 20.3 Å². The Morgan fingerprint density at radius 2 is 1.85 bits per heavy atom. The van der Waals surface area contributed by atoms with Gasteiger partial charge >= 0.3 is 6.03 Å².